The molecule has 2 aromatic rings. The molecule has 8 heteroatoms. The van der Waals surface area contributed by atoms with Gasteiger partial charge in [-0.15, -0.1) is 0 Å². The fraction of sp³-hybridized carbons (Fsp3) is 0.143. The Labute approximate surface area is 125 Å². The summed E-state index contributed by atoms with van der Waals surface area (Å²) in [6.45, 7) is 0. The van der Waals surface area contributed by atoms with E-state index in [2.05, 4.69) is 15.0 Å². The van der Waals surface area contributed by atoms with Crippen molar-refractivity contribution in [2.75, 3.05) is 14.1 Å². The lowest BCUT2D eigenvalue weighted by atomic mass is 10.2. The lowest BCUT2D eigenvalue weighted by Crippen LogP contribution is -2.12. The normalized spacial score (nSPS) is 10.7. The van der Waals surface area contributed by atoms with Crippen molar-refractivity contribution >= 4 is 18.1 Å². The highest BCUT2D eigenvalue weighted by atomic mass is 19.1. The standard InChI is InChI=1S/C14H12F2N4O2/c1-20(2)8-18-12-11(16)7-17-14(19-12)22-13(21)9-5-3-4-6-10(9)15/h3-8H,1-2H3. The summed E-state index contributed by atoms with van der Waals surface area (Å²) >= 11 is 0. The lowest BCUT2D eigenvalue weighted by molar-refractivity contribution is 0.0714. The van der Waals surface area contributed by atoms with E-state index in [1.807, 2.05) is 0 Å². The third-order valence-electron chi connectivity index (χ3n) is 2.39. The van der Waals surface area contributed by atoms with Crippen LogP contribution in [-0.2, 0) is 0 Å². The lowest BCUT2D eigenvalue weighted by Gasteiger charge is -2.05. The molecule has 1 aromatic heterocycles. The number of aromatic nitrogens is 2. The topological polar surface area (TPSA) is 67.7 Å². The molecule has 22 heavy (non-hydrogen) atoms. The van der Waals surface area contributed by atoms with Crippen molar-refractivity contribution in [3.05, 3.63) is 47.7 Å². The van der Waals surface area contributed by atoms with Crippen LogP contribution in [0.3, 0.4) is 0 Å². The molecule has 0 aliphatic heterocycles. The van der Waals surface area contributed by atoms with E-state index in [9.17, 15) is 13.6 Å². The molecule has 1 heterocycles. The van der Waals surface area contributed by atoms with Crippen LogP contribution in [-0.4, -0.2) is 41.3 Å². The van der Waals surface area contributed by atoms with Crippen molar-refractivity contribution < 1.29 is 18.3 Å². The SMILES string of the molecule is CN(C)C=Nc1nc(OC(=O)c2ccccc2F)ncc1F. The van der Waals surface area contributed by atoms with Crippen molar-refractivity contribution in [2.24, 2.45) is 4.99 Å². The van der Waals surface area contributed by atoms with Gasteiger partial charge in [-0.25, -0.2) is 23.6 Å². The van der Waals surface area contributed by atoms with Gasteiger partial charge < -0.3 is 9.64 Å². The number of hydrogen-bond donors (Lipinski definition) is 0. The van der Waals surface area contributed by atoms with Gasteiger partial charge in [-0.3, -0.25) is 0 Å². The van der Waals surface area contributed by atoms with Crippen LogP contribution in [0, 0.1) is 11.6 Å². The number of aliphatic imine (C=N–C) groups is 1. The van der Waals surface area contributed by atoms with Crippen LogP contribution in [0.2, 0.25) is 0 Å². The minimum atomic E-state index is -0.979. The largest absolute Gasteiger partial charge is 0.387 e. The molecule has 0 bridgehead atoms. The van der Waals surface area contributed by atoms with Gasteiger partial charge in [-0.1, -0.05) is 12.1 Å². The van der Waals surface area contributed by atoms with Gasteiger partial charge >= 0.3 is 12.0 Å². The Morgan fingerprint density at radius 1 is 1.27 bits per heavy atom. The highest BCUT2D eigenvalue weighted by Gasteiger charge is 2.16. The average Bonchev–Trinajstić information content (AvgIpc) is 2.48. The van der Waals surface area contributed by atoms with E-state index in [1.54, 1.807) is 19.0 Å². The second-order valence-electron chi connectivity index (χ2n) is 4.40. The van der Waals surface area contributed by atoms with Gasteiger partial charge in [0.25, 0.3) is 0 Å². The maximum Gasteiger partial charge on any atom is 0.348 e. The molecule has 0 aliphatic carbocycles. The fourth-order valence-electron chi connectivity index (χ4n) is 1.42. The van der Waals surface area contributed by atoms with Crippen LogP contribution in [0.15, 0.2) is 35.5 Å². The Kier molecular flexibility index (Phi) is 4.72. The van der Waals surface area contributed by atoms with Crippen LogP contribution in [0.5, 0.6) is 6.01 Å². The van der Waals surface area contributed by atoms with Crippen molar-refractivity contribution in [1.29, 1.82) is 0 Å². The first kappa shape index (κ1) is 15.5. The van der Waals surface area contributed by atoms with E-state index in [4.69, 9.17) is 4.74 Å². The number of esters is 1. The molecular weight excluding hydrogens is 294 g/mol. The summed E-state index contributed by atoms with van der Waals surface area (Å²) in [5.74, 6) is -2.78. The zero-order chi connectivity index (χ0) is 16.1. The minimum absolute atomic E-state index is 0.270. The van der Waals surface area contributed by atoms with E-state index >= 15 is 0 Å². The second-order valence-corrected chi connectivity index (χ2v) is 4.40. The van der Waals surface area contributed by atoms with Gasteiger partial charge in [0, 0.05) is 14.1 Å². The number of carbonyl (C=O) groups is 1. The van der Waals surface area contributed by atoms with Crippen LogP contribution < -0.4 is 4.74 Å². The van der Waals surface area contributed by atoms with Gasteiger partial charge in [-0.2, -0.15) is 4.98 Å². The summed E-state index contributed by atoms with van der Waals surface area (Å²) < 4.78 is 31.8. The Hall–Kier alpha value is -2.90. The summed E-state index contributed by atoms with van der Waals surface area (Å²) in [4.78, 5) is 24.3. The first-order valence-corrected chi connectivity index (χ1v) is 6.17. The molecule has 6 nitrogen and oxygen atoms in total. The van der Waals surface area contributed by atoms with E-state index < -0.39 is 23.6 Å². The summed E-state index contributed by atoms with van der Waals surface area (Å²) in [6, 6.07) is 4.88. The van der Waals surface area contributed by atoms with Crippen LogP contribution in [0.1, 0.15) is 10.4 Å². The van der Waals surface area contributed by atoms with Crippen molar-refractivity contribution in [3.8, 4) is 6.01 Å². The molecule has 0 N–H and O–H groups in total. The summed E-state index contributed by atoms with van der Waals surface area (Å²) in [6.07, 6.45) is 2.15. The number of nitrogens with zero attached hydrogens (tertiary/aromatic N) is 4. The molecule has 0 atom stereocenters. The third kappa shape index (κ3) is 3.81. The summed E-state index contributed by atoms with van der Waals surface area (Å²) in [5, 5.41) is 0. The molecule has 2 rings (SSSR count). The molecule has 0 amide bonds. The Balaban J connectivity index is 2.22. The number of rotatable bonds is 4. The number of halogens is 2. The predicted octanol–water partition coefficient (Wildman–Crippen LogP) is 2.20. The molecular formula is C14H12F2N4O2. The highest BCUT2D eigenvalue weighted by Crippen LogP contribution is 2.17. The van der Waals surface area contributed by atoms with Gasteiger partial charge in [0.05, 0.1) is 18.1 Å². The zero-order valence-corrected chi connectivity index (χ0v) is 11.8. The fourth-order valence-corrected chi connectivity index (χ4v) is 1.42. The van der Waals surface area contributed by atoms with Gasteiger partial charge in [0.2, 0.25) is 0 Å². The predicted molar refractivity (Wildman–Crippen MR) is 75.2 cm³/mol. The van der Waals surface area contributed by atoms with Crippen LogP contribution in [0.4, 0.5) is 14.6 Å². The minimum Gasteiger partial charge on any atom is -0.387 e. The number of benzene rings is 1. The molecule has 0 spiro atoms. The first-order valence-electron chi connectivity index (χ1n) is 6.17. The molecule has 0 saturated heterocycles. The molecule has 0 unspecified atom stereocenters. The molecule has 0 saturated carbocycles. The molecule has 0 fully saturated rings. The molecule has 1 aromatic carbocycles. The van der Waals surface area contributed by atoms with E-state index in [-0.39, 0.29) is 11.4 Å². The van der Waals surface area contributed by atoms with E-state index in [0.29, 0.717) is 0 Å². The second kappa shape index (κ2) is 6.70. The Morgan fingerprint density at radius 2 is 2.00 bits per heavy atom. The molecule has 0 aliphatic rings. The first-order chi connectivity index (χ1) is 10.5. The quantitative estimate of drug-likeness (QED) is 0.492. The maximum absolute atomic E-state index is 13.5. The van der Waals surface area contributed by atoms with Gasteiger partial charge in [0.1, 0.15) is 5.82 Å². The number of hydrogen-bond acceptors (Lipinski definition) is 5. The molecule has 0 radical (unpaired) electrons. The van der Waals surface area contributed by atoms with Crippen LogP contribution >= 0.6 is 0 Å². The third-order valence-corrected chi connectivity index (χ3v) is 2.39. The number of ether oxygens (including phenoxy) is 1. The van der Waals surface area contributed by atoms with Gasteiger partial charge in [0.15, 0.2) is 11.6 Å². The van der Waals surface area contributed by atoms with Crippen LogP contribution in [0.25, 0.3) is 0 Å². The molecule has 114 valence electrons. The summed E-state index contributed by atoms with van der Waals surface area (Å²) in [5.41, 5.74) is -0.270. The number of carbonyl (C=O) groups excluding carboxylic acids is 1. The van der Waals surface area contributed by atoms with Crippen molar-refractivity contribution in [3.63, 3.8) is 0 Å². The Morgan fingerprint density at radius 3 is 2.68 bits per heavy atom. The van der Waals surface area contributed by atoms with Crippen molar-refractivity contribution in [2.45, 2.75) is 0 Å². The highest BCUT2D eigenvalue weighted by molar-refractivity contribution is 5.90. The maximum atomic E-state index is 13.5. The zero-order valence-electron chi connectivity index (χ0n) is 11.8. The smallest absolute Gasteiger partial charge is 0.348 e. The van der Waals surface area contributed by atoms with Gasteiger partial charge in [-0.05, 0) is 12.1 Å². The Bertz CT molecular complexity index is 720. The summed E-state index contributed by atoms with van der Waals surface area (Å²) in [7, 11) is 3.39. The monoisotopic (exact) mass is 306 g/mol. The average molecular weight is 306 g/mol. The van der Waals surface area contributed by atoms with E-state index in [0.717, 1.165) is 12.3 Å². The van der Waals surface area contributed by atoms with E-state index in [1.165, 1.54) is 24.5 Å². The van der Waals surface area contributed by atoms with Crippen molar-refractivity contribution in [1.82, 2.24) is 14.9 Å².